The summed E-state index contributed by atoms with van der Waals surface area (Å²) in [6.07, 6.45) is 2.24. The number of carbonyl (C=O) groups excluding carboxylic acids is 1. The Balaban J connectivity index is 2.47. The van der Waals surface area contributed by atoms with Crippen molar-refractivity contribution >= 4 is 5.91 Å². The summed E-state index contributed by atoms with van der Waals surface area (Å²) in [6.45, 7) is 6.24. The molecular weight excluding hydrogens is 216 g/mol. The van der Waals surface area contributed by atoms with Gasteiger partial charge in [-0.3, -0.25) is 4.79 Å². The molecule has 0 radical (unpaired) electrons. The van der Waals surface area contributed by atoms with Gasteiger partial charge in [-0.05, 0) is 31.7 Å². The van der Waals surface area contributed by atoms with Crippen molar-refractivity contribution in [2.45, 2.75) is 39.2 Å². The van der Waals surface area contributed by atoms with E-state index in [-0.39, 0.29) is 5.91 Å². The van der Waals surface area contributed by atoms with E-state index in [0.29, 0.717) is 31.3 Å². The van der Waals surface area contributed by atoms with Crippen LogP contribution in [0.15, 0.2) is 0 Å². The quantitative estimate of drug-likeness (QED) is 0.751. The summed E-state index contributed by atoms with van der Waals surface area (Å²) in [5.74, 6) is 1.48. The van der Waals surface area contributed by atoms with Crippen LogP contribution in [0.1, 0.15) is 33.1 Å². The second-order valence-electron chi connectivity index (χ2n) is 5.38. The van der Waals surface area contributed by atoms with Gasteiger partial charge in [-0.1, -0.05) is 13.8 Å². The standard InChI is InChI=1S/C13H26N2O2/c1-10(2)11-4-5-13(17)15(7-6-11)9-12(16)8-14-3/h10-12,14,16H,4-9H2,1-3H3. The first kappa shape index (κ1) is 14.5. The number of carbonyl (C=O) groups is 1. The molecule has 0 aliphatic carbocycles. The number of aliphatic hydroxyl groups excluding tert-OH is 1. The van der Waals surface area contributed by atoms with Crippen molar-refractivity contribution in [3.8, 4) is 0 Å². The molecule has 1 saturated heterocycles. The minimum Gasteiger partial charge on any atom is -0.390 e. The highest BCUT2D eigenvalue weighted by Gasteiger charge is 2.25. The predicted octanol–water partition coefficient (Wildman–Crippen LogP) is 0.851. The third-order valence-corrected chi connectivity index (χ3v) is 3.67. The summed E-state index contributed by atoms with van der Waals surface area (Å²) in [6, 6.07) is 0. The first-order chi connectivity index (χ1) is 8.04. The summed E-state index contributed by atoms with van der Waals surface area (Å²) in [5, 5.41) is 12.7. The number of likely N-dealkylation sites (tertiary alicyclic amines) is 1. The van der Waals surface area contributed by atoms with E-state index in [9.17, 15) is 9.90 Å². The lowest BCUT2D eigenvalue weighted by Crippen LogP contribution is -2.40. The highest BCUT2D eigenvalue weighted by atomic mass is 16.3. The number of β-amino-alcohol motifs (C(OH)–C–C–N with tert-alkyl or cyclic N) is 1. The normalized spacial score (nSPS) is 23.9. The van der Waals surface area contributed by atoms with Crippen LogP contribution in [-0.2, 0) is 4.79 Å². The molecule has 0 aromatic heterocycles. The van der Waals surface area contributed by atoms with Gasteiger partial charge in [-0.25, -0.2) is 0 Å². The van der Waals surface area contributed by atoms with Gasteiger partial charge in [0.1, 0.15) is 0 Å². The van der Waals surface area contributed by atoms with E-state index >= 15 is 0 Å². The molecule has 1 heterocycles. The van der Waals surface area contributed by atoms with Crippen molar-refractivity contribution in [2.24, 2.45) is 11.8 Å². The van der Waals surface area contributed by atoms with E-state index in [1.165, 1.54) is 0 Å². The van der Waals surface area contributed by atoms with Crippen LogP contribution in [0.2, 0.25) is 0 Å². The number of nitrogens with zero attached hydrogens (tertiary/aromatic N) is 1. The van der Waals surface area contributed by atoms with Gasteiger partial charge in [0.05, 0.1) is 6.10 Å². The van der Waals surface area contributed by atoms with Gasteiger partial charge in [-0.2, -0.15) is 0 Å². The van der Waals surface area contributed by atoms with Crippen LogP contribution in [0.3, 0.4) is 0 Å². The molecule has 17 heavy (non-hydrogen) atoms. The SMILES string of the molecule is CNCC(O)CN1CCC(C(C)C)CCC1=O. The van der Waals surface area contributed by atoms with Crippen molar-refractivity contribution in [2.75, 3.05) is 26.7 Å². The summed E-state index contributed by atoms with van der Waals surface area (Å²) >= 11 is 0. The second-order valence-corrected chi connectivity index (χ2v) is 5.38. The van der Waals surface area contributed by atoms with Crippen LogP contribution in [0.25, 0.3) is 0 Å². The molecular formula is C13H26N2O2. The van der Waals surface area contributed by atoms with Crippen LogP contribution in [0, 0.1) is 11.8 Å². The zero-order valence-corrected chi connectivity index (χ0v) is 11.3. The molecule has 1 aliphatic rings. The van der Waals surface area contributed by atoms with E-state index in [1.54, 1.807) is 0 Å². The summed E-state index contributed by atoms with van der Waals surface area (Å²) < 4.78 is 0. The van der Waals surface area contributed by atoms with Gasteiger partial charge in [0.25, 0.3) is 0 Å². The highest BCUT2D eigenvalue weighted by molar-refractivity contribution is 5.76. The minimum absolute atomic E-state index is 0.198. The zero-order valence-electron chi connectivity index (χ0n) is 11.3. The molecule has 1 aliphatic heterocycles. The monoisotopic (exact) mass is 242 g/mol. The van der Waals surface area contributed by atoms with Crippen LogP contribution < -0.4 is 5.32 Å². The number of rotatable bonds is 5. The Hall–Kier alpha value is -0.610. The largest absolute Gasteiger partial charge is 0.390 e. The number of aliphatic hydroxyl groups is 1. The maximum Gasteiger partial charge on any atom is 0.222 e. The van der Waals surface area contributed by atoms with E-state index < -0.39 is 6.10 Å². The van der Waals surface area contributed by atoms with Crippen molar-refractivity contribution in [3.63, 3.8) is 0 Å². The molecule has 0 saturated carbocycles. The summed E-state index contributed by atoms with van der Waals surface area (Å²) in [7, 11) is 1.81. The first-order valence-electron chi connectivity index (χ1n) is 6.65. The van der Waals surface area contributed by atoms with Gasteiger partial charge in [0.2, 0.25) is 5.91 Å². The average Bonchev–Trinajstić information content (AvgIpc) is 2.43. The third-order valence-electron chi connectivity index (χ3n) is 3.67. The van der Waals surface area contributed by atoms with Gasteiger partial charge in [0, 0.05) is 26.1 Å². The smallest absolute Gasteiger partial charge is 0.222 e. The predicted molar refractivity (Wildman–Crippen MR) is 68.7 cm³/mol. The van der Waals surface area contributed by atoms with Crippen LogP contribution >= 0.6 is 0 Å². The van der Waals surface area contributed by atoms with Crippen molar-refractivity contribution < 1.29 is 9.90 Å². The van der Waals surface area contributed by atoms with Crippen LogP contribution in [0.5, 0.6) is 0 Å². The molecule has 2 atom stereocenters. The lowest BCUT2D eigenvalue weighted by Gasteiger charge is -2.24. The Morgan fingerprint density at radius 1 is 1.47 bits per heavy atom. The van der Waals surface area contributed by atoms with Gasteiger partial charge >= 0.3 is 0 Å². The number of hydrogen-bond donors (Lipinski definition) is 2. The average molecular weight is 242 g/mol. The summed E-state index contributed by atoms with van der Waals surface area (Å²) in [5.41, 5.74) is 0. The molecule has 2 unspecified atom stereocenters. The molecule has 100 valence electrons. The lowest BCUT2D eigenvalue weighted by molar-refractivity contribution is -0.132. The van der Waals surface area contributed by atoms with Crippen molar-refractivity contribution in [1.82, 2.24) is 10.2 Å². The van der Waals surface area contributed by atoms with Crippen LogP contribution in [-0.4, -0.2) is 48.7 Å². The lowest BCUT2D eigenvalue weighted by atomic mass is 9.89. The number of amides is 1. The molecule has 0 bridgehead atoms. The molecule has 1 fully saturated rings. The fraction of sp³-hybridized carbons (Fsp3) is 0.923. The maximum absolute atomic E-state index is 11.9. The second kappa shape index (κ2) is 6.97. The molecule has 1 rings (SSSR count). The van der Waals surface area contributed by atoms with Gasteiger partial charge in [-0.15, -0.1) is 0 Å². The highest BCUT2D eigenvalue weighted by Crippen LogP contribution is 2.25. The molecule has 0 spiro atoms. The Morgan fingerprint density at radius 3 is 2.76 bits per heavy atom. The topological polar surface area (TPSA) is 52.6 Å². The fourth-order valence-electron chi connectivity index (χ4n) is 2.47. The Bertz CT molecular complexity index is 244. The van der Waals surface area contributed by atoms with Crippen molar-refractivity contribution in [3.05, 3.63) is 0 Å². The van der Waals surface area contributed by atoms with E-state index in [2.05, 4.69) is 19.2 Å². The van der Waals surface area contributed by atoms with E-state index in [1.807, 2.05) is 11.9 Å². The van der Waals surface area contributed by atoms with E-state index in [4.69, 9.17) is 0 Å². The van der Waals surface area contributed by atoms with Gasteiger partial charge in [0.15, 0.2) is 0 Å². The molecule has 4 heteroatoms. The molecule has 0 aromatic rings. The fourth-order valence-corrected chi connectivity index (χ4v) is 2.47. The molecule has 2 N–H and O–H groups in total. The Kier molecular flexibility index (Phi) is 5.92. The number of likely N-dealkylation sites (N-methyl/N-ethyl adjacent to an activating group) is 1. The number of hydrogen-bond acceptors (Lipinski definition) is 3. The summed E-state index contributed by atoms with van der Waals surface area (Å²) in [4.78, 5) is 13.7. The van der Waals surface area contributed by atoms with Crippen molar-refractivity contribution in [1.29, 1.82) is 0 Å². The minimum atomic E-state index is -0.459. The molecule has 1 amide bonds. The van der Waals surface area contributed by atoms with E-state index in [0.717, 1.165) is 19.4 Å². The molecule has 0 aromatic carbocycles. The Morgan fingerprint density at radius 2 is 2.18 bits per heavy atom. The number of nitrogens with one attached hydrogen (secondary N) is 1. The van der Waals surface area contributed by atoms with Crippen LogP contribution in [0.4, 0.5) is 0 Å². The van der Waals surface area contributed by atoms with Gasteiger partial charge < -0.3 is 15.3 Å². The Labute approximate surface area is 104 Å². The third kappa shape index (κ3) is 4.64. The first-order valence-corrected chi connectivity index (χ1v) is 6.65. The maximum atomic E-state index is 11.9. The zero-order chi connectivity index (χ0) is 12.8. The molecule has 4 nitrogen and oxygen atoms in total.